The molecule has 1 aromatic carbocycles. The quantitative estimate of drug-likeness (QED) is 0.774. The molecule has 1 amide bonds. The van der Waals surface area contributed by atoms with Gasteiger partial charge in [-0.2, -0.15) is 0 Å². The molecule has 2 heterocycles. The Labute approximate surface area is 158 Å². The number of carbonyl (C=O) groups is 1. The molecular formula is C21H26N4O2. The summed E-state index contributed by atoms with van der Waals surface area (Å²) in [6.45, 7) is 8.81. The lowest BCUT2D eigenvalue weighted by Crippen LogP contribution is -2.27. The first-order chi connectivity index (χ1) is 12.6. The van der Waals surface area contributed by atoms with Gasteiger partial charge in [-0.1, -0.05) is 45.0 Å². The second-order valence-corrected chi connectivity index (χ2v) is 8.12. The SMILES string of the molecule is Cc1cc(C(=O)N(C)Cc2ccc(C(C)(C)C)cc2)c2c(=O)[nH]n(C)c2n1. The van der Waals surface area contributed by atoms with Gasteiger partial charge in [-0.25, -0.2) is 4.98 Å². The minimum atomic E-state index is -0.300. The monoisotopic (exact) mass is 366 g/mol. The maximum atomic E-state index is 13.0. The highest BCUT2D eigenvalue weighted by molar-refractivity contribution is 6.05. The van der Waals surface area contributed by atoms with E-state index in [1.807, 2.05) is 19.1 Å². The van der Waals surface area contributed by atoms with Crippen molar-refractivity contribution in [3.8, 4) is 0 Å². The fourth-order valence-electron chi connectivity index (χ4n) is 3.21. The summed E-state index contributed by atoms with van der Waals surface area (Å²) in [7, 11) is 3.46. The first-order valence-electron chi connectivity index (χ1n) is 8.99. The van der Waals surface area contributed by atoms with Crippen LogP contribution in [0.25, 0.3) is 11.0 Å². The number of fused-ring (bicyclic) bond motifs is 1. The molecule has 3 aromatic rings. The van der Waals surface area contributed by atoms with Crippen molar-refractivity contribution in [2.45, 2.75) is 39.7 Å². The topological polar surface area (TPSA) is 71.0 Å². The molecule has 0 radical (unpaired) electrons. The average molecular weight is 366 g/mol. The van der Waals surface area contributed by atoms with Crippen molar-refractivity contribution in [2.24, 2.45) is 7.05 Å². The maximum absolute atomic E-state index is 13.0. The van der Waals surface area contributed by atoms with Crippen LogP contribution in [0.3, 0.4) is 0 Å². The molecule has 0 aliphatic heterocycles. The Balaban J connectivity index is 1.90. The van der Waals surface area contributed by atoms with Crippen LogP contribution in [0.4, 0.5) is 0 Å². The number of aromatic amines is 1. The van der Waals surface area contributed by atoms with Crippen LogP contribution in [0.1, 0.15) is 48.0 Å². The summed E-state index contributed by atoms with van der Waals surface area (Å²) in [6, 6.07) is 9.98. The smallest absolute Gasteiger partial charge is 0.274 e. The van der Waals surface area contributed by atoms with Crippen LogP contribution in [-0.2, 0) is 19.0 Å². The number of aromatic nitrogens is 3. The normalized spacial score (nSPS) is 11.8. The van der Waals surface area contributed by atoms with E-state index >= 15 is 0 Å². The van der Waals surface area contributed by atoms with E-state index < -0.39 is 0 Å². The number of H-pyrrole nitrogens is 1. The molecule has 0 aliphatic rings. The molecule has 3 rings (SSSR count). The summed E-state index contributed by atoms with van der Waals surface area (Å²) in [5, 5.41) is 3.01. The minimum absolute atomic E-state index is 0.0920. The molecule has 2 aromatic heterocycles. The van der Waals surface area contributed by atoms with Crippen molar-refractivity contribution in [3.05, 3.63) is 63.1 Å². The van der Waals surface area contributed by atoms with Gasteiger partial charge in [0.2, 0.25) is 0 Å². The second kappa shape index (κ2) is 6.68. The fourth-order valence-corrected chi connectivity index (χ4v) is 3.21. The Hall–Kier alpha value is -2.89. The Morgan fingerprint density at radius 3 is 2.44 bits per heavy atom. The molecule has 1 N–H and O–H groups in total. The Morgan fingerprint density at radius 2 is 1.85 bits per heavy atom. The lowest BCUT2D eigenvalue weighted by atomic mass is 9.87. The zero-order chi connectivity index (χ0) is 19.9. The lowest BCUT2D eigenvalue weighted by molar-refractivity contribution is 0.0787. The minimum Gasteiger partial charge on any atom is -0.337 e. The number of carbonyl (C=O) groups excluding carboxylic acids is 1. The standard InChI is InChI=1S/C21H26N4O2/c1-13-11-16(17-18(22-13)25(6)23-19(17)26)20(27)24(5)12-14-7-9-15(10-8-14)21(2,3)4/h7-11H,12H2,1-6H3,(H,23,26). The Bertz CT molecular complexity index is 1050. The average Bonchev–Trinajstić information content (AvgIpc) is 2.87. The molecule has 6 heteroatoms. The van der Waals surface area contributed by atoms with Gasteiger partial charge in [-0.3, -0.25) is 19.4 Å². The van der Waals surface area contributed by atoms with E-state index in [1.165, 1.54) is 5.56 Å². The highest BCUT2D eigenvalue weighted by Gasteiger charge is 2.21. The maximum Gasteiger partial charge on any atom is 0.274 e. The van der Waals surface area contributed by atoms with Gasteiger partial charge in [0, 0.05) is 26.3 Å². The zero-order valence-corrected chi connectivity index (χ0v) is 16.8. The van der Waals surface area contributed by atoms with Crippen molar-refractivity contribution in [1.29, 1.82) is 0 Å². The number of aryl methyl sites for hydroxylation is 2. The second-order valence-electron chi connectivity index (χ2n) is 8.12. The molecule has 0 unspecified atom stereocenters. The number of benzene rings is 1. The van der Waals surface area contributed by atoms with E-state index in [4.69, 9.17) is 0 Å². The van der Waals surface area contributed by atoms with Crippen LogP contribution in [0.5, 0.6) is 0 Å². The number of hydrogen-bond donors (Lipinski definition) is 1. The van der Waals surface area contributed by atoms with Gasteiger partial charge in [0.25, 0.3) is 11.5 Å². The van der Waals surface area contributed by atoms with Crippen molar-refractivity contribution in [3.63, 3.8) is 0 Å². The van der Waals surface area contributed by atoms with Crippen LogP contribution in [0, 0.1) is 6.92 Å². The van der Waals surface area contributed by atoms with E-state index in [-0.39, 0.29) is 16.9 Å². The molecule has 27 heavy (non-hydrogen) atoms. The van der Waals surface area contributed by atoms with Gasteiger partial charge in [0.15, 0.2) is 5.65 Å². The van der Waals surface area contributed by atoms with Crippen molar-refractivity contribution >= 4 is 16.9 Å². The molecule has 0 spiro atoms. The predicted octanol–water partition coefficient (Wildman–Crippen LogP) is 3.14. The van der Waals surface area contributed by atoms with Crippen molar-refractivity contribution in [1.82, 2.24) is 19.7 Å². The fraction of sp³-hybridized carbons (Fsp3) is 0.381. The summed E-state index contributed by atoms with van der Waals surface area (Å²) in [5.74, 6) is -0.193. The summed E-state index contributed by atoms with van der Waals surface area (Å²) < 4.78 is 1.55. The Morgan fingerprint density at radius 1 is 1.22 bits per heavy atom. The van der Waals surface area contributed by atoms with E-state index in [9.17, 15) is 9.59 Å². The number of nitrogens with zero attached hydrogens (tertiary/aromatic N) is 3. The molecule has 0 bridgehead atoms. The molecule has 0 saturated carbocycles. The zero-order valence-electron chi connectivity index (χ0n) is 16.8. The van der Waals surface area contributed by atoms with Crippen LogP contribution in [0.2, 0.25) is 0 Å². The summed E-state index contributed by atoms with van der Waals surface area (Å²) in [4.78, 5) is 31.3. The number of hydrogen-bond acceptors (Lipinski definition) is 3. The molecule has 142 valence electrons. The first-order valence-corrected chi connectivity index (χ1v) is 8.99. The van der Waals surface area contributed by atoms with Crippen LogP contribution in [0.15, 0.2) is 35.1 Å². The van der Waals surface area contributed by atoms with E-state index in [0.29, 0.717) is 28.8 Å². The third-order valence-corrected chi connectivity index (χ3v) is 4.76. The van der Waals surface area contributed by atoms with Crippen LogP contribution < -0.4 is 5.56 Å². The largest absolute Gasteiger partial charge is 0.337 e. The highest BCUT2D eigenvalue weighted by atomic mass is 16.2. The first kappa shape index (κ1) is 18.9. The van der Waals surface area contributed by atoms with Gasteiger partial charge in [0.05, 0.1) is 10.9 Å². The molecule has 6 nitrogen and oxygen atoms in total. The third-order valence-electron chi connectivity index (χ3n) is 4.76. The van der Waals surface area contributed by atoms with E-state index in [0.717, 1.165) is 5.56 Å². The van der Waals surface area contributed by atoms with Crippen molar-refractivity contribution in [2.75, 3.05) is 7.05 Å². The highest BCUT2D eigenvalue weighted by Crippen LogP contribution is 2.23. The number of amides is 1. The summed E-state index contributed by atoms with van der Waals surface area (Å²) >= 11 is 0. The Kier molecular flexibility index (Phi) is 4.68. The molecular weight excluding hydrogens is 340 g/mol. The number of pyridine rings is 1. The molecule has 0 aliphatic carbocycles. The summed E-state index contributed by atoms with van der Waals surface area (Å²) in [5.41, 5.74) is 3.66. The lowest BCUT2D eigenvalue weighted by Gasteiger charge is -2.21. The van der Waals surface area contributed by atoms with E-state index in [2.05, 4.69) is 43.0 Å². The predicted molar refractivity (Wildman–Crippen MR) is 107 cm³/mol. The third kappa shape index (κ3) is 3.65. The van der Waals surface area contributed by atoms with Crippen LogP contribution in [-0.4, -0.2) is 32.6 Å². The summed E-state index contributed by atoms with van der Waals surface area (Å²) in [6.07, 6.45) is 0. The van der Waals surface area contributed by atoms with Gasteiger partial charge in [-0.05, 0) is 29.5 Å². The van der Waals surface area contributed by atoms with Gasteiger partial charge >= 0.3 is 0 Å². The van der Waals surface area contributed by atoms with Crippen molar-refractivity contribution < 1.29 is 4.79 Å². The van der Waals surface area contributed by atoms with Gasteiger partial charge in [0.1, 0.15) is 0 Å². The van der Waals surface area contributed by atoms with E-state index in [1.54, 1.807) is 29.7 Å². The van der Waals surface area contributed by atoms with Gasteiger partial charge < -0.3 is 4.90 Å². The van der Waals surface area contributed by atoms with Gasteiger partial charge in [-0.15, -0.1) is 0 Å². The molecule has 0 saturated heterocycles. The number of rotatable bonds is 3. The molecule has 0 fully saturated rings. The number of nitrogens with one attached hydrogen (secondary N) is 1. The molecule has 0 atom stereocenters. The van der Waals surface area contributed by atoms with Crippen LogP contribution >= 0.6 is 0 Å².